The molecule has 9 nitrogen and oxygen atoms in total. The highest BCUT2D eigenvalue weighted by Crippen LogP contribution is 2.57. The van der Waals surface area contributed by atoms with Gasteiger partial charge in [-0.1, -0.05) is 17.7 Å². The van der Waals surface area contributed by atoms with E-state index in [1.165, 1.54) is 14.2 Å². The van der Waals surface area contributed by atoms with Crippen LogP contribution in [0.1, 0.15) is 35.1 Å². The monoisotopic (exact) mass is 538 g/mol. The van der Waals surface area contributed by atoms with Crippen LogP contribution in [0.2, 0.25) is 0 Å². The molecule has 0 spiro atoms. The van der Waals surface area contributed by atoms with E-state index in [0.29, 0.717) is 23.5 Å². The molecule has 198 valence electrons. The number of allylic oxidation sites excluding steroid dienone is 2. The predicted octanol–water partition coefficient (Wildman–Crippen LogP) is 4.05. The predicted molar refractivity (Wildman–Crippen MR) is 137 cm³/mol. The van der Waals surface area contributed by atoms with E-state index in [9.17, 15) is 14.7 Å². The number of rotatable bonds is 6. The van der Waals surface area contributed by atoms with Crippen molar-refractivity contribution in [3.8, 4) is 28.7 Å². The molecule has 4 aliphatic rings. The van der Waals surface area contributed by atoms with E-state index >= 15 is 0 Å². The van der Waals surface area contributed by atoms with Crippen LogP contribution < -0.4 is 18.9 Å². The van der Waals surface area contributed by atoms with Gasteiger partial charge in [0.1, 0.15) is 6.10 Å². The number of esters is 2. The van der Waals surface area contributed by atoms with Crippen molar-refractivity contribution in [2.75, 3.05) is 27.6 Å². The number of methoxy groups -OCH3 is 2. The zero-order valence-electron chi connectivity index (χ0n) is 20.7. The Labute approximate surface area is 224 Å². The van der Waals surface area contributed by atoms with Gasteiger partial charge in [0.2, 0.25) is 12.5 Å². The van der Waals surface area contributed by atoms with Gasteiger partial charge >= 0.3 is 11.9 Å². The maximum absolute atomic E-state index is 13.2. The van der Waals surface area contributed by atoms with Gasteiger partial charge in [0.25, 0.3) is 0 Å². The highest BCUT2D eigenvalue weighted by molar-refractivity contribution is 7.83. The van der Waals surface area contributed by atoms with Crippen molar-refractivity contribution < 1.29 is 43.1 Å². The second-order valence-electron chi connectivity index (χ2n) is 9.60. The van der Waals surface area contributed by atoms with Gasteiger partial charge in [0.05, 0.1) is 32.7 Å². The summed E-state index contributed by atoms with van der Waals surface area (Å²) in [5.41, 5.74) is 3.12. The van der Waals surface area contributed by atoms with Crippen LogP contribution in [0, 0.1) is 17.8 Å². The zero-order chi connectivity index (χ0) is 26.6. The molecule has 38 heavy (non-hydrogen) atoms. The van der Waals surface area contributed by atoms with Crippen molar-refractivity contribution in [1.29, 1.82) is 0 Å². The van der Waals surface area contributed by atoms with Crippen LogP contribution in [0.5, 0.6) is 28.7 Å². The quantitative estimate of drug-likeness (QED) is 0.416. The lowest BCUT2D eigenvalue weighted by Gasteiger charge is -2.38. The molecule has 1 saturated heterocycles. The minimum atomic E-state index is -0.720. The first-order valence-corrected chi connectivity index (χ1v) is 12.7. The number of phenolic OH excluding ortho intramolecular Hbond substituents is 1. The maximum atomic E-state index is 13.2. The molecule has 2 aliphatic carbocycles. The van der Waals surface area contributed by atoms with Crippen molar-refractivity contribution in [3.63, 3.8) is 0 Å². The Bertz CT molecular complexity index is 1360. The number of thiol groups is 1. The smallest absolute Gasteiger partial charge is 0.314 e. The summed E-state index contributed by atoms with van der Waals surface area (Å²) in [4.78, 5) is 26.4. The fourth-order valence-electron chi connectivity index (χ4n) is 5.73. The van der Waals surface area contributed by atoms with Crippen molar-refractivity contribution >= 4 is 24.6 Å². The minimum absolute atomic E-state index is 0.0675. The SMILES string of the molecule is COc1cc([C@@H]2c3cc4c(cc3[C@@H](OC(=O)C3C/C3=C\C=C/S)[C@H]3COC(=O)[C@H]23)OCO4)cc(OC)c1O. The third-order valence-corrected chi connectivity index (χ3v) is 7.80. The first kappa shape index (κ1) is 24.5. The number of carbonyl (C=O) groups excluding carboxylic acids is 2. The molecule has 5 atom stereocenters. The van der Waals surface area contributed by atoms with Crippen molar-refractivity contribution in [3.05, 3.63) is 64.1 Å². The summed E-state index contributed by atoms with van der Waals surface area (Å²) in [5, 5.41) is 12.1. The standard InChI is InChI=1S/C28H26O9S/c1-32-21-7-14(8-22(33-2)25(21)29)23-16-9-19-20(36-12-35-19)10-17(16)26(18-11-34-28(31)24(18)23)37-27(30)15-6-13(15)4-3-5-38/h3-5,7-10,15,18,23-24,26,29,38H,6,11-12H2,1-2H3/b5-3-,13-4+/t15?,18-,23+,24-,26+/m0/s1. The van der Waals surface area contributed by atoms with Gasteiger partial charge in [-0.05, 0) is 47.2 Å². The van der Waals surface area contributed by atoms with E-state index in [-0.39, 0.29) is 48.5 Å². The molecular weight excluding hydrogens is 512 g/mol. The number of carbonyl (C=O) groups is 2. The van der Waals surface area contributed by atoms with Crippen LogP contribution in [0.3, 0.4) is 0 Å². The largest absolute Gasteiger partial charge is 0.502 e. The number of fused-ring (bicyclic) bond motifs is 3. The molecular formula is C28H26O9S. The highest BCUT2D eigenvalue weighted by atomic mass is 32.1. The van der Waals surface area contributed by atoms with Crippen LogP contribution in [-0.2, 0) is 19.1 Å². The summed E-state index contributed by atoms with van der Waals surface area (Å²) in [5.74, 6) is -1.29. The molecule has 1 unspecified atom stereocenters. The lowest BCUT2D eigenvalue weighted by molar-refractivity contribution is -0.155. The number of phenols is 1. The minimum Gasteiger partial charge on any atom is -0.502 e. The first-order chi connectivity index (χ1) is 18.4. The lowest BCUT2D eigenvalue weighted by Crippen LogP contribution is -2.36. The first-order valence-electron chi connectivity index (χ1n) is 12.2. The average molecular weight is 539 g/mol. The fourth-order valence-corrected chi connectivity index (χ4v) is 5.81. The van der Waals surface area contributed by atoms with Crippen LogP contribution in [0.25, 0.3) is 0 Å². The Morgan fingerprint density at radius 3 is 2.39 bits per heavy atom. The number of ether oxygens (including phenoxy) is 6. The van der Waals surface area contributed by atoms with Gasteiger partial charge in [-0.25, -0.2) is 0 Å². The van der Waals surface area contributed by atoms with Gasteiger partial charge < -0.3 is 33.5 Å². The van der Waals surface area contributed by atoms with Crippen LogP contribution in [-0.4, -0.2) is 44.7 Å². The second-order valence-corrected chi connectivity index (χ2v) is 9.90. The number of cyclic esters (lactones) is 1. The van der Waals surface area contributed by atoms with Gasteiger partial charge in [-0.2, -0.15) is 12.6 Å². The highest BCUT2D eigenvalue weighted by Gasteiger charge is 2.55. The molecule has 6 rings (SSSR count). The second kappa shape index (κ2) is 9.50. The Balaban J connectivity index is 1.47. The molecule has 2 fully saturated rings. The van der Waals surface area contributed by atoms with E-state index in [4.69, 9.17) is 28.4 Å². The molecule has 2 heterocycles. The van der Waals surface area contributed by atoms with Gasteiger partial charge in [-0.15, -0.1) is 0 Å². The molecule has 0 aromatic heterocycles. The Morgan fingerprint density at radius 2 is 1.74 bits per heavy atom. The number of hydrogen-bond donors (Lipinski definition) is 2. The number of hydrogen-bond acceptors (Lipinski definition) is 10. The number of aromatic hydroxyl groups is 1. The summed E-state index contributed by atoms with van der Waals surface area (Å²) in [6.45, 7) is 0.173. The molecule has 2 aromatic rings. The normalized spacial score (nSPS) is 27.6. The Morgan fingerprint density at radius 1 is 1.05 bits per heavy atom. The molecule has 0 radical (unpaired) electrons. The summed E-state index contributed by atoms with van der Waals surface area (Å²) >= 11 is 4.05. The van der Waals surface area contributed by atoms with Crippen LogP contribution >= 0.6 is 12.6 Å². The topological polar surface area (TPSA) is 110 Å². The Kier molecular flexibility index (Phi) is 6.14. The number of benzene rings is 2. The summed E-state index contributed by atoms with van der Waals surface area (Å²) in [6, 6.07) is 7.02. The van der Waals surface area contributed by atoms with E-state index in [0.717, 1.165) is 16.7 Å². The lowest BCUT2D eigenvalue weighted by atomic mass is 9.66. The van der Waals surface area contributed by atoms with Crippen molar-refractivity contribution in [2.45, 2.75) is 18.4 Å². The van der Waals surface area contributed by atoms with Crippen LogP contribution in [0.4, 0.5) is 0 Å². The Hall–Kier alpha value is -3.79. The van der Waals surface area contributed by atoms with E-state index in [1.54, 1.807) is 23.6 Å². The molecule has 1 N–H and O–H groups in total. The van der Waals surface area contributed by atoms with Gasteiger partial charge in [0, 0.05) is 17.4 Å². The third-order valence-electron chi connectivity index (χ3n) is 7.63. The molecule has 2 aromatic carbocycles. The summed E-state index contributed by atoms with van der Waals surface area (Å²) < 4.78 is 33.8. The molecule has 10 heteroatoms. The van der Waals surface area contributed by atoms with E-state index in [2.05, 4.69) is 12.6 Å². The van der Waals surface area contributed by atoms with E-state index in [1.807, 2.05) is 18.2 Å². The maximum Gasteiger partial charge on any atom is 0.314 e. The zero-order valence-corrected chi connectivity index (χ0v) is 21.6. The average Bonchev–Trinajstić information content (AvgIpc) is 3.39. The van der Waals surface area contributed by atoms with Crippen molar-refractivity contribution in [2.24, 2.45) is 17.8 Å². The summed E-state index contributed by atoms with van der Waals surface area (Å²) in [7, 11) is 2.89. The molecule has 0 amide bonds. The third kappa shape index (κ3) is 3.94. The van der Waals surface area contributed by atoms with Gasteiger partial charge in [0.15, 0.2) is 23.0 Å². The molecule has 1 saturated carbocycles. The summed E-state index contributed by atoms with van der Waals surface area (Å²) in [6.07, 6.45) is 3.53. The van der Waals surface area contributed by atoms with E-state index < -0.39 is 23.9 Å². The molecule has 0 bridgehead atoms. The van der Waals surface area contributed by atoms with Gasteiger partial charge in [-0.3, -0.25) is 9.59 Å². The van der Waals surface area contributed by atoms with Crippen LogP contribution in [0.15, 0.2) is 47.4 Å². The fraction of sp³-hybridized carbons (Fsp3) is 0.357. The van der Waals surface area contributed by atoms with Crippen molar-refractivity contribution in [1.82, 2.24) is 0 Å². The molecule has 2 aliphatic heterocycles.